The van der Waals surface area contributed by atoms with E-state index < -0.39 is 0 Å². The molecule has 0 saturated carbocycles. The molecule has 0 aromatic carbocycles. The van der Waals surface area contributed by atoms with Gasteiger partial charge < -0.3 is 14.7 Å². The first kappa shape index (κ1) is 15.6. The number of hydrogen-bond donors (Lipinski definition) is 2. The summed E-state index contributed by atoms with van der Waals surface area (Å²) in [6, 6.07) is 14.2. The van der Waals surface area contributed by atoms with Crippen LogP contribution in [-0.2, 0) is 0 Å². The van der Waals surface area contributed by atoms with Crippen molar-refractivity contribution < 1.29 is 4.74 Å². The fourth-order valence-corrected chi connectivity index (χ4v) is 3.27. The van der Waals surface area contributed by atoms with Gasteiger partial charge in [-0.3, -0.25) is 0 Å². The molecule has 0 atom stereocenters. The number of aromatic amines is 2. The third kappa shape index (κ3) is 3.15. The van der Waals surface area contributed by atoms with Crippen LogP contribution in [0.15, 0.2) is 42.5 Å². The van der Waals surface area contributed by atoms with Crippen molar-refractivity contribution in [3.63, 3.8) is 0 Å². The minimum atomic E-state index is 0.609. The predicted molar refractivity (Wildman–Crippen MR) is 110 cm³/mol. The summed E-state index contributed by atoms with van der Waals surface area (Å²) >= 11 is 0. The van der Waals surface area contributed by atoms with E-state index >= 15 is 0 Å². The lowest BCUT2D eigenvalue weighted by molar-refractivity contribution is 0.345. The van der Waals surface area contributed by atoms with Gasteiger partial charge in [-0.2, -0.15) is 0 Å². The molecule has 0 amide bonds. The van der Waals surface area contributed by atoms with E-state index in [0.717, 1.165) is 50.6 Å². The summed E-state index contributed by atoms with van der Waals surface area (Å²) in [6.45, 7) is 2.59. The van der Waals surface area contributed by atoms with Crippen molar-refractivity contribution in [2.45, 2.75) is 6.92 Å². The summed E-state index contributed by atoms with van der Waals surface area (Å²) in [7, 11) is 0. The van der Waals surface area contributed by atoms with Crippen LogP contribution in [0, 0.1) is 0 Å². The van der Waals surface area contributed by atoms with E-state index in [1.54, 1.807) is 0 Å². The molecule has 5 heterocycles. The summed E-state index contributed by atoms with van der Waals surface area (Å²) in [5.41, 5.74) is 7.48. The van der Waals surface area contributed by atoms with Gasteiger partial charge in [-0.15, -0.1) is 0 Å². The second-order valence-corrected chi connectivity index (χ2v) is 6.47. The molecular formula is C22H18N4O. The van der Waals surface area contributed by atoms with Crippen molar-refractivity contribution >= 4 is 46.4 Å². The van der Waals surface area contributed by atoms with Crippen LogP contribution in [0.5, 0.6) is 5.75 Å². The largest absolute Gasteiger partial charge is 0.492 e. The molecule has 2 N–H and O–H groups in total. The van der Waals surface area contributed by atoms with Crippen LogP contribution in [0.2, 0.25) is 0 Å². The number of nitrogens with zero attached hydrogens (tertiary/aromatic N) is 2. The standard InChI is InChI=1S/C22H18N4O/c1-2-27-22-13-20-11-18-6-5-16(24-18)9-14-3-4-15(23-14)10-17-7-8-19(25-17)12-21(22)26-20/h3-13,24,26H,2H2,1H3. The molecule has 27 heavy (non-hydrogen) atoms. The fraction of sp³-hybridized carbons (Fsp3) is 0.0909. The highest BCUT2D eigenvalue weighted by atomic mass is 16.5. The van der Waals surface area contributed by atoms with Crippen molar-refractivity contribution in [3.8, 4) is 5.75 Å². The van der Waals surface area contributed by atoms with E-state index in [4.69, 9.17) is 4.74 Å². The van der Waals surface area contributed by atoms with Crippen LogP contribution in [0.25, 0.3) is 46.4 Å². The van der Waals surface area contributed by atoms with Gasteiger partial charge in [0.1, 0.15) is 5.75 Å². The number of rotatable bonds is 2. The molecular weight excluding hydrogens is 336 g/mol. The highest BCUT2D eigenvalue weighted by Crippen LogP contribution is 2.24. The molecule has 2 aliphatic heterocycles. The lowest BCUT2D eigenvalue weighted by Gasteiger charge is -1.97. The molecule has 0 fully saturated rings. The Bertz CT molecular complexity index is 1240. The van der Waals surface area contributed by atoms with Crippen LogP contribution >= 0.6 is 0 Å². The van der Waals surface area contributed by atoms with Gasteiger partial charge >= 0.3 is 0 Å². The van der Waals surface area contributed by atoms with Crippen molar-refractivity contribution in [3.05, 3.63) is 65.2 Å². The van der Waals surface area contributed by atoms with E-state index in [2.05, 4.69) is 32.1 Å². The smallest absolute Gasteiger partial charge is 0.144 e. The molecule has 3 aromatic rings. The monoisotopic (exact) mass is 354 g/mol. The molecule has 0 aliphatic carbocycles. The maximum Gasteiger partial charge on any atom is 0.144 e. The zero-order valence-corrected chi connectivity index (χ0v) is 14.9. The SMILES string of the molecule is CCOc1cc2cc3ccc(cc4nc(cc5nc(cc1[nH]2)C=C5)C=C4)[nH]3. The van der Waals surface area contributed by atoms with Gasteiger partial charge in [-0.25, -0.2) is 9.97 Å². The van der Waals surface area contributed by atoms with Gasteiger partial charge in [-0.05, 0) is 67.6 Å². The van der Waals surface area contributed by atoms with Gasteiger partial charge in [0.05, 0.1) is 34.9 Å². The van der Waals surface area contributed by atoms with Crippen LogP contribution in [-0.4, -0.2) is 26.5 Å². The van der Waals surface area contributed by atoms with E-state index in [1.807, 2.05) is 61.6 Å². The Morgan fingerprint density at radius 3 is 2.04 bits per heavy atom. The summed E-state index contributed by atoms with van der Waals surface area (Å²) < 4.78 is 5.79. The fourth-order valence-electron chi connectivity index (χ4n) is 3.27. The van der Waals surface area contributed by atoms with Crippen molar-refractivity contribution in [2.75, 3.05) is 6.61 Å². The quantitative estimate of drug-likeness (QED) is 0.466. The maximum absolute atomic E-state index is 5.79. The van der Waals surface area contributed by atoms with Crippen molar-refractivity contribution in [1.82, 2.24) is 19.9 Å². The maximum atomic E-state index is 5.79. The number of aromatic nitrogens is 4. The molecule has 5 nitrogen and oxygen atoms in total. The minimum absolute atomic E-state index is 0.609. The van der Waals surface area contributed by atoms with Crippen LogP contribution in [0.1, 0.15) is 29.7 Å². The lowest BCUT2D eigenvalue weighted by Crippen LogP contribution is -1.89. The number of fused-ring (bicyclic) bond motifs is 8. The third-order valence-electron chi connectivity index (χ3n) is 4.43. The van der Waals surface area contributed by atoms with Gasteiger partial charge in [0.15, 0.2) is 0 Å². The number of hydrogen-bond acceptors (Lipinski definition) is 3. The topological polar surface area (TPSA) is 66.6 Å². The number of ether oxygens (including phenoxy) is 1. The Hall–Kier alpha value is -3.60. The summed E-state index contributed by atoms with van der Waals surface area (Å²) in [4.78, 5) is 16.1. The number of H-pyrrole nitrogens is 2. The Kier molecular flexibility index (Phi) is 3.64. The molecule has 0 saturated heterocycles. The molecule has 132 valence electrons. The third-order valence-corrected chi connectivity index (χ3v) is 4.43. The normalized spacial score (nSPS) is 12.5. The van der Waals surface area contributed by atoms with Crippen molar-refractivity contribution in [1.29, 1.82) is 0 Å². The molecule has 2 aliphatic rings. The molecule has 3 aromatic heterocycles. The van der Waals surface area contributed by atoms with Crippen LogP contribution < -0.4 is 4.74 Å². The first-order valence-electron chi connectivity index (χ1n) is 8.96. The van der Waals surface area contributed by atoms with Gasteiger partial charge in [0.2, 0.25) is 0 Å². The Morgan fingerprint density at radius 1 is 0.704 bits per heavy atom. The van der Waals surface area contributed by atoms with Crippen LogP contribution in [0.3, 0.4) is 0 Å². The number of nitrogens with one attached hydrogen (secondary N) is 2. The van der Waals surface area contributed by atoms with Crippen LogP contribution in [0.4, 0.5) is 0 Å². The highest BCUT2D eigenvalue weighted by Gasteiger charge is 2.05. The summed E-state index contributed by atoms with van der Waals surface area (Å²) in [5.74, 6) is 0.821. The summed E-state index contributed by atoms with van der Waals surface area (Å²) in [6.07, 6.45) is 8.00. The van der Waals surface area contributed by atoms with E-state index in [0.29, 0.717) is 6.61 Å². The highest BCUT2D eigenvalue weighted by molar-refractivity contribution is 5.79. The summed E-state index contributed by atoms with van der Waals surface area (Å²) in [5, 5.41) is 0. The Morgan fingerprint density at radius 2 is 1.33 bits per heavy atom. The molecule has 0 unspecified atom stereocenters. The first-order chi connectivity index (χ1) is 13.2. The molecule has 8 bridgehead atoms. The second kappa shape index (κ2) is 6.29. The van der Waals surface area contributed by atoms with Crippen molar-refractivity contribution in [2.24, 2.45) is 0 Å². The average molecular weight is 354 g/mol. The predicted octanol–water partition coefficient (Wildman–Crippen LogP) is 5.05. The second-order valence-electron chi connectivity index (χ2n) is 6.47. The van der Waals surface area contributed by atoms with E-state index in [-0.39, 0.29) is 0 Å². The van der Waals surface area contributed by atoms with E-state index in [1.165, 1.54) is 0 Å². The molecule has 0 radical (unpaired) electrons. The van der Waals surface area contributed by atoms with Gasteiger partial charge in [0.25, 0.3) is 0 Å². The zero-order valence-electron chi connectivity index (χ0n) is 14.9. The Labute approximate surface area is 156 Å². The molecule has 0 spiro atoms. The minimum Gasteiger partial charge on any atom is -0.492 e. The lowest BCUT2D eigenvalue weighted by atomic mass is 10.3. The van der Waals surface area contributed by atoms with Gasteiger partial charge in [-0.1, -0.05) is 0 Å². The molecule has 5 heteroatoms. The molecule has 5 rings (SSSR count). The van der Waals surface area contributed by atoms with Gasteiger partial charge in [0, 0.05) is 22.6 Å². The zero-order chi connectivity index (χ0) is 18.2. The first-order valence-corrected chi connectivity index (χ1v) is 8.96. The average Bonchev–Trinajstić information content (AvgIpc) is 3.41. The van der Waals surface area contributed by atoms with E-state index in [9.17, 15) is 0 Å². The Balaban J connectivity index is 1.83.